The number of fused-ring (bicyclic) bond motifs is 1. The molecule has 2 rings (SSSR count). The minimum absolute atomic E-state index is 0.0706. The summed E-state index contributed by atoms with van der Waals surface area (Å²) in [5.41, 5.74) is 1.03. The standard InChI is InChI=1S/C11H12N2OS/c1-13-8(6-12)7-15-10-5-3-4-9(14-2)11(10)13/h3-5,8H,7H2,1-2H3. The fourth-order valence-electron chi connectivity index (χ4n) is 1.69. The molecule has 3 nitrogen and oxygen atoms in total. The molecule has 0 fully saturated rings. The Hall–Kier alpha value is -1.34. The Morgan fingerprint density at radius 3 is 3.07 bits per heavy atom. The molecule has 0 aliphatic carbocycles. The molecule has 1 unspecified atom stereocenters. The van der Waals surface area contributed by atoms with Gasteiger partial charge in [-0.25, -0.2) is 0 Å². The van der Waals surface area contributed by atoms with Gasteiger partial charge in [-0.2, -0.15) is 5.26 Å². The van der Waals surface area contributed by atoms with Gasteiger partial charge >= 0.3 is 0 Å². The highest BCUT2D eigenvalue weighted by atomic mass is 32.2. The predicted octanol–water partition coefficient (Wildman–Crippen LogP) is 2.13. The summed E-state index contributed by atoms with van der Waals surface area (Å²) >= 11 is 1.71. The second-order valence-electron chi connectivity index (χ2n) is 3.37. The lowest BCUT2D eigenvalue weighted by atomic mass is 10.2. The van der Waals surface area contributed by atoms with Gasteiger partial charge in [0, 0.05) is 17.7 Å². The summed E-state index contributed by atoms with van der Waals surface area (Å²) < 4.78 is 5.31. The molecule has 0 aromatic heterocycles. The lowest BCUT2D eigenvalue weighted by Gasteiger charge is -2.32. The number of hydrogen-bond acceptors (Lipinski definition) is 4. The van der Waals surface area contributed by atoms with Crippen molar-refractivity contribution in [2.24, 2.45) is 0 Å². The van der Waals surface area contributed by atoms with Crippen molar-refractivity contribution < 1.29 is 4.74 Å². The molecule has 1 aromatic rings. The van der Waals surface area contributed by atoms with Gasteiger partial charge in [-0.15, -0.1) is 11.8 Å². The Balaban J connectivity index is 2.49. The maximum atomic E-state index is 9.00. The van der Waals surface area contributed by atoms with Crippen molar-refractivity contribution in [2.75, 3.05) is 24.8 Å². The van der Waals surface area contributed by atoms with Gasteiger partial charge in [0.2, 0.25) is 0 Å². The average Bonchev–Trinajstić information content (AvgIpc) is 2.29. The zero-order valence-corrected chi connectivity index (χ0v) is 9.54. The van der Waals surface area contributed by atoms with Gasteiger partial charge in [-0.1, -0.05) is 6.07 Å². The van der Waals surface area contributed by atoms with E-state index in [4.69, 9.17) is 10.00 Å². The van der Waals surface area contributed by atoms with Crippen LogP contribution >= 0.6 is 11.8 Å². The van der Waals surface area contributed by atoms with E-state index >= 15 is 0 Å². The molecule has 0 bridgehead atoms. The first-order chi connectivity index (χ1) is 7.27. The number of anilines is 1. The summed E-state index contributed by atoms with van der Waals surface area (Å²) in [6.45, 7) is 0. The summed E-state index contributed by atoms with van der Waals surface area (Å²) in [5, 5.41) is 9.00. The molecule has 15 heavy (non-hydrogen) atoms. The fourth-order valence-corrected chi connectivity index (χ4v) is 2.88. The first kappa shape index (κ1) is 10.2. The van der Waals surface area contributed by atoms with Gasteiger partial charge in [-0.3, -0.25) is 0 Å². The molecular formula is C11H12N2OS. The number of nitrogens with zero attached hydrogens (tertiary/aromatic N) is 2. The summed E-state index contributed by atoms with van der Waals surface area (Å²) in [6, 6.07) is 8.19. The topological polar surface area (TPSA) is 36.3 Å². The number of ether oxygens (including phenoxy) is 1. The summed E-state index contributed by atoms with van der Waals surface area (Å²) in [7, 11) is 3.60. The van der Waals surface area contributed by atoms with Crippen LogP contribution in [0.1, 0.15) is 0 Å². The van der Waals surface area contributed by atoms with Crippen molar-refractivity contribution >= 4 is 17.4 Å². The van der Waals surface area contributed by atoms with E-state index in [1.54, 1.807) is 18.9 Å². The van der Waals surface area contributed by atoms with Crippen molar-refractivity contribution in [3.63, 3.8) is 0 Å². The van der Waals surface area contributed by atoms with Gasteiger partial charge in [0.15, 0.2) is 0 Å². The van der Waals surface area contributed by atoms with Crippen LogP contribution in [0.3, 0.4) is 0 Å². The summed E-state index contributed by atoms with van der Waals surface area (Å²) in [6.07, 6.45) is 0. The van der Waals surface area contributed by atoms with E-state index in [1.165, 1.54) is 4.90 Å². The third kappa shape index (κ3) is 1.64. The number of thioether (sulfide) groups is 1. The molecule has 4 heteroatoms. The van der Waals surface area contributed by atoms with Crippen molar-refractivity contribution in [1.29, 1.82) is 5.26 Å². The lowest BCUT2D eigenvalue weighted by Crippen LogP contribution is -2.35. The highest BCUT2D eigenvalue weighted by Gasteiger charge is 2.26. The second kappa shape index (κ2) is 4.03. The SMILES string of the molecule is COc1cccc2c1N(C)C(C#N)CS2. The Morgan fingerprint density at radius 1 is 1.60 bits per heavy atom. The van der Waals surface area contributed by atoms with Crippen molar-refractivity contribution in [2.45, 2.75) is 10.9 Å². The smallest absolute Gasteiger partial charge is 0.143 e. The van der Waals surface area contributed by atoms with Crippen LogP contribution in [-0.2, 0) is 0 Å². The van der Waals surface area contributed by atoms with Gasteiger partial charge in [0.05, 0.1) is 18.9 Å². The Labute approximate surface area is 93.6 Å². The van der Waals surface area contributed by atoms with Crippen LogP contribution in [0.25, 0.3) is 0 Å². The molecule has 78 valence electrons. The van der Waals surface area contributed by atoms with Gasteiger partial charge in [0.1, 0.15) is 11.8 Å². The van der Waals surface area contributed by atoms with E-state index in [2.05, 4.69) is 12.1 Å². The summed E-state index contributed by atoms with van der Waals surface area (Å²) in [5.74, 6) is 1.65. The van der Waals surface area contributed by atoms with E-state index in [0.29, 0.717) is 0 Å². The Bertz CT molecular complexity index is 399. The number of benzene rings is 1. The quantitative estimate of drug-likeness (QED) is 0.726. The van der Waals surface area contributed by atoms with Gasteiger partial charge in [-0.05, 0) is 12.1 Å². The number of rotatable bonds is 1. The van der Waals surface area contributed by atoms with Crippen LogP contribution in [0.15, 0.2) is 23.1 Å². The van der Waals surface area contributed by atoms with Crippen LogP contribution in [0.5, 0.6) is 5.75 Å². The maximum absolute atomic E-state index is 9.00. The van der Waals surface area contributed by atoms with Crippen molar-refractivity contribution in [3.8, 4) is 11.8 Å². The first-order valence-corrected chi connectivity index (χ1v) is 5.68. The van der Waals surface area contributed by atoms with Crippen LogP contribution in [-0.4, -0.2) is 26.0 Å². The molecule has 1 heterocycles. The highest BCUT2D eigenvalue weighted by Crippen LogP contribution is 2.42. The van der Waals surface area contributed by atoms with E-state index in [9.17, 15) is 0 Å². The minimum Gasteiger partial charge on any atom is -0.495 e. The molecule has 0 amide bonds. The van der Waals surface area contributed by atoms with Crippen LogP contribution in [0.4, 0.5) is 5.69 Å². The Kier molecular flexibility index (Phi) is 2.74. The zero-order valence-electron chi connectivity index (χ0n) is 8.73. The monoisotopic (exact) mass is 220 g/mol. The normalized spacial score (nSPS) is 19.3. The molecule has 1 atom stereocenters. The van der Waals surface area contributed by atoms with Crippen molar-refractivity contribution in [1.82, 2.24) is 0 Å². The number of para-hydroxylation sites is 1. The van der Waals surface area contributed by atoms with E-state index in [-0.39, 0.29) is 6.04 Å². The number of nitriles is 1. The van der Waals surface area contributed by atoms with Crippen LogP contribution < -0.4 is 9.64 Å². The first-order valence-electron chi connectivity index (χ1n) is 4.70. The summed E-state index contributed by atoms with van der Waals surface area (Å²) in [4.78, 5) is 3.17. The third-order valence-corrected chi connectivity index (χ3v) is 3.67. The van der Waals surface area contributed by atoms with Gasteiger partial charge < -0.3 is 9.64 Å². The predicted molar refractivity (Wildman–Crippen MR) is 61.5 cm³/mol. The van der Waals surface area contributed by atoms with Gasteiger partial charge in [0.25, 0.3) is 0 Å². The molecule has 1 aliphatic rings. The van der Waals surface area contributed by atoms with Crippen molar-refractivity contribution in [3.05, 3.63) is 18.2 Å². The van der Waals surface area contributed by atoms with E-state index < -0.39 is 0 Å². The van der Waals surface area contributed by atoms with Crippen LogP contribution in [0, 0.1) is 11.3 Å². The fraction of sp³-hybridized carbons (Fsp3) is 0.364. The lowest BCUT2D eigenvalue weighted by molar-refractivity contribution is 0.413. The van der Waals surface area contributed by atoms with E-state index in [1.807, 2.05) is 24.1 Å². The average molecular weight is 220 g/mol. The third-order valence-electron chi connectivity index (χ3n) is 2.55. The Morgan fingerprint density at radius 2 is 2.40 bits per heavy atom. The molecule has 0 spiro atoms. The molecule has 1 aliphatic heterocycles. The zero-order chi connectivity index (χ0) is 10.8. The molecule has 0 radical (unpaired) electrons. The minimum atomic E-state index is -0.0706. The molecular weight excluding hydrogens is 208 g/mol. The molecule has 1 aromatic carbocycles. The number of methoxy groups -OCH3 is 1. The van der Waals surface area contributed by atoms with Crippen LogP contribution in [0.2, 0.25) is 0 Å². The highest BCUT2D eigenvalue weighted by molar-refractivity contribution is 7.99. The maximum Gasteiger partial charge on any atom is 0.143 e. The second-order valence-corrected chi connectivity index (χ2v) is 4.44. The number of hydrogen-bond donors (Lipinski definition) is 0. The molecule has 0 saturated carbocycles. The molecule has 0 saturated heterocycles. The molecule has 0 N–H and O–H groups in total. The van der Waals surface area contributed by atoms with E-state index in [0.717, 1.165) is 17.2 Å². The largest absolute Gasteiger partial charge is 0.495 e.